The zero-order valence-electron chi connectivity index (χ0n) is 14.5. The lowest BCUT2D eigenvalue weighted by Gasteiger charge is -2.09. The van der Waals surface area contributed by atoms with Gasteiger partial charge in [-0.15, -0.1) is 0 Å². The number of hydrogen-bond acceptors (Lipinski definition) is 7. The van der Waals surface area contributed by atoms with Crippen LogP contribution in [0.2, 0.25) is 0 Å². The highest BCUT2D eigenvalue weighted by Crippen LogP contribution is 2.17. The standard InChI is InChI=1S/C17H13N5O6S/c23-15(9-8-11-4-3-5-12(10-11)21(25)26)18-17(29)20-19-16(24)13-6-1-2-7-14(13)22(27)28/h1-10H,(H,19,24)(H2,18,20,23,29)/b9-8+. The monoisotopic (exact) mass is 415 g/mol. The van der Waals surface area contributed by atoms with Crippen molar-refractivity contribution in [1.29, 1.82) is 0 Å². The van der Waals surface area contributed by atoms with E-state index in [1.807, 2.05) is 0 Å². The van der Waals surface area contributed by atoms with Crippen LogP contribution in [-0.4, -0.2) is 26.8 Å². The number of benzene rings is 2. The van der Waals surface area contributed by atoms with E-state index in [1.54, 1.807) is 6.07 Å². The molecule has 29 heavy (non-hydrogen) atoms. The summed E-state index contributed by atoms with van der Waals surface area (Å²) in [5, 5.41) is 23.6. The van der Waals surface area contributed by atoms with Gasteiger partial charge in [-0.25, -0.2) is 0 Å². The molecule has 3 N–H and O–H groups in total. The summed E-state index contributed by atoms with van der Waals surface area (Å²) < 4.78 is 0. The Kier molecular flexibility index (Phi) is 7.03. The van der Waals surface area contributed by atoms with E-state index in [4.69, 9.17) is 12.2 Å². The number of non-ortho nitro benzene ring substituents is 1. The van der Waals surface area contributed by atoms with E-state index in [0.717, 1.165) is 6.08 Å². The van der Waals surface area contributed by atoms with Crippen LogP contribution in [0.15, 0.2) is 54.6 Å². The van der Waals surface area contributed by atoms with Crippen LogP contribution in [0.25, 0.3) is 6.08 Å². The van der Waals surface area contributed by atoms with Crippen LogP contribution in [0, 0.1) is 20.2 Å². The zero-order valence-corrected chi connectivity index (χ0v) is 15.3. The topological polar surface area (TPSA) is 157 Å². The molecule has 2 aromatic carbocycles. The minimum Gasteiger partial charge on any atom is -0.298 e. The summed E-state index contributed by atoms with van der Waals surface area (Å²) in [6, 6.07) is 11.0. The van der Waals surface area contributed by atoms with E-state index in [1.165, 1.54) is 48.5 Å². The van der Waals surface area contributed by atoms with Gasteiger partial charge in [0.2, 0.25) is 5.91 Å². The maximum absolute atomic E-state index is 12.0. The number of nitro groups is 2. The predicted molar refractivity (Wildman–Crippen MR) is 107 cm³/mol. The Morgan fingerprint density at radius 2 is 1.69 bits per heavy atom. The number of rotatable bonds is 5. The highest BCUT2D eigenvalue weighted by atomic mass is 32.1. The molecule has 0 heterocycles. The number of hydrazine groups is 1. The molecule has 11 nitrogen and oxygen atoms in total. The molecule has 0 aromatic heterocycles. The van der Waals surface area contributed by atoms with Gasteiger partial charge in [0.05, 0.1) is 9.85 Å². The van der Waals surface area contributed by atoms with Crippen LogP contribution in [-0.2, 0) is 4.79 Å². The normalized spacial score (nSPS) is 10.2. The van der Waals surface area contributed by atoms with Crippen molar-refractivity contribution in [2.45, 2.75) is 0 Å². The van der Waals surface area contributed by atoms with Gasteiger partial charge in [0.25, 0.3) is 17.3 Å². The Morgan fingerprint density at radius 1 is 0.966 bits per heavy atom. The highest BCUT2D eigenvalue weighted by Gasteiger charge is 2.19. The third-order valence-corrected chi connectivity index (χ3v) is 3.58. The van der Waals surface area contributed by atoms with Crippen LogP contribution >= 0.6 is 12.2 Å². The molecule has 0 aliphatic heterocycles. The maximum Gasteiger partial charge on any atom is 0.282 e. The van der Waals surface area contributed by atoms with Crippen molar-refractivity contribution in [3.05, 3.63) is 86.0 Å². The van der Waals surface area contributed by atoms with Crippen molar-refractivity contribution in [3.63, 3.8) is 0 Å². The van der Waals surface area contributed by atoms with Gasteiger partial charge >= 0.3 is 0 Å². The first-order valence-corrected chi connectivity index (χ1v) is 8.26. The van der Waals surface area contributed by atoms with Crippen molar-refractivity contribution in [1.82, 2.24) is 16.2 Å². The number of thiocarbonyl (C=S) groups is 1. The van der Waals surface area contributed by atoms with Gasteiger partial charge in [-0.2, -0.15) is 0 Å². The fourth-order valence-electron chi connectivity index (χ4n) is 2.10. The summed E-state index contributed by atoms with van der Waals surface area (Å²) in [6.07, 6.45) is 2.44. The second-order valence-corrected chi connectivity index (χ2v) is 5.77. The molecule has 148 valence electrons. The van der Waals surface area contributed by atoms with Gasteiger partial charge in [0.1, 0.15) is 5.56 Å². The first kappa shape index (κ1) is 21.1. The number of nitrogens with one attached hydrogen (secondary N) is 3. The number of carbonyl (C=O) groups excluding carboxylic acids is 2. The average molecular weight is 415 g/mol. The summed E-state index contributed by atoms with van der Waals surface area (Å²) >= 11 is 4.85. The number of hydrogen-bond donors (Lipinski definition) is 3. The molecule has 0 bridgehead atoms. The lowest BCUT2D eigenvalue weighted by Crippen LogP contribution is -2.48. The molecular formula is C17H13N5O6S. The molecule has 0 unspecified atom stereocenters. The third kappa shape index (κ3) is 6.18. The Labute approximate surface area is 168 Å². The Bertz CT molecular complexity index is 1020. The molecule has 0 spiro atoms. The molecule has 12 heteroatoms. The predicted octanol–water partition coefficient (Wildman–Crippen LogP) is 1.85. The summed E-state index contributed by atoms with van der Waals surface area (Å²) in [6.45, 7) is 0. The molecule has 2 rings (SSSR count). The Morgan fingerprint density at radius 3 is 2.38 bits per heavy atom. The van der Waals surface area contributed by atoms with Crippen molar-refractivity contribution >= 4 is 46.6 Å². The second kappa shape index (κ2) is 9.66. The number of nitrogens with zero attached hydrogens (tertiary/aromatic N) is 2. The number of carbonyl (C=O) groups is 2. The molecule has 2 aromatic rings. The first-order chi connectivity index (χ1) is 13.8. The molecule has 0 aliphatic rings. The molecule has 0 aliphatic carbocycles. The summed E-state index contributed by atoms with van der Waals surface area (Å²) in [5.41, 5.74) is 4.13. The van der Waals surface area contributed by atoms with Crippen molar-refractivity contribution in [2.24, 2.45) is 0 Å². The van der Waals surface area contributed by atoms with Gasteiger partial charge < -0.3 is 0 Å². The first-order valence-electron chi connectivity index (χ1n) is 7.85. The smallest absolute Gasteiger partial charge is 0.282 e. The van der Waals surface area contributed by atoms with E-state index >= 15 is 0 Å². The molecular weight excluding hydrogens is 402 g/mol. The van der Waals surface area contributed by atoms with E-state index < -0.39 is 21.7 Å². The lowest BCUT2D eigenvalue weighted by atomic mass is 10.2. The SMILES string of the molecule is O=C(/C=C/c1cccc([N+](=O)[O-])c1)NC(=S)NNC(=O)c1ccccc1[N+](=O)[O-]. The minimum atomic E-state index is -0.818. The quantitative estimate of drug-likeness (QED) is 0.289. The summed E-state index contributed by atoms with van der Waals surface area (Å²) in [7, 11) is 0. The van der Waals surface area contributed by atoms with Gasteiger partial charge in [-0.1, -0.05) is 24.3 Å². The van der Waals surface area contributed by atoms with E-state index in [-0.39, 0.29) is 22.1 Å². The average Bonchev–Trinajstić information content (AvgIpc) is 2.70. The maximum atomic E-state index is 12.0. The molecule has 2 amide bonds. The number of para-hydroxylation sites is 1. The van der Waals surface area contributed by atoms with Crippen LogP contribution in [0.3, 0.4) is 0 Å². The Balaban J connectivity index is 1.90. The van der Waals surface area contributed by atoms with Gasteiger partial charge in [-0.05, 0) is 29.9 Å². The second-order valence-electron chi connectivity index (χ2n) is 5.36. The molecule has 0 saturated carbocycles. The number of amides is 2. The third-order valence-electron chi connectivity index (χ3n) is 3.38. The largest absolute Gasteiger partial charge is 0.298 e. The number of nitro benzene ring substituents is 2. The highest BCUT2D eigenvalue weighted by molar-refractivity contribution is 7.80. The van der Waals surface area contributed by atoms with Crippen LogP contribution < -0.4 is 16.2 Å². The molecule has 0 atom stereocenters. The van der Waals surface area contributed by atoms with Crippen LogP contribution in [0.1, 0.15) is 15.9 Å². The summed E-state index contributed by atoms with van der Waals surface area (Å²) in [5.74, 6) is -1.48. The zero-order chi connectivity index (χ0) is 21.4. The van der Waals surface area contributed by atoms with Crippen molar-refractivity contribution in [2.75, 3.05) is 0 Å². The molecule has 0 saturated heterocycles. The van der Waals surface area contributed by atoms with Gasteiger partial charge in [0.15, 0.2) is 5.11 Å². The lowest BCUT2D eigenvalue weighted by molar-refractivity contribution is -0.385. The van der Waals surface area contributed by atoms with Crippen molar-refractivity contribution < 1.29 is 19.4 Å². The van der Waals surface area contributed by atoms with E-state index in [2.05, 4.69) is 16.2 Å². The van der Waals surface area contributed by atoms with E-state index in [9.17, 15) is 29.8 Å². The fraction of sp³-hybridized carbons (Fsp3) is 0. The Hall–Kier alpha value is -4.19. The minimum absolute atomic E-state index is 0.123. The molecule has 0 radical (unpaired) electrons. The van der Waals surface area contributed by atoms with Gasteiger partial charge in [-0.3, -0.25) is 46.0 Å². The van der Waals surface area contributed by atoms with Crippen LogP contribution in [0.4, 0.5) is 11.4 Å². The fourth-order valence-corrected chi connectivity index (χ4v) is 2.26. The van der Waals surface area contributed by atoms with Crippen LogP contribution in [0.5, 0.6) is 0 Å². The molecule has 0 fully saturated rings. The summed E-state index contributed by atoms with van der Waals surface area (Å²) in [4.78, 5) is 44.3. The van der Waals surface area contributed by atoms with Gasteiger partial charge in [0, 0.05) is 24.3 Å². The van der Waals surface area contributed by atoms with Crippen molar-refractivity contribution in [3.8, 4) is 0 Å². The van der Waals surface area contributed by atoms with E-state index in [0.29, 0.717) is 5.56 Å².